The topological polar surface area (TPSA) is 71.0 Å². The Morgan fingerprint density at radius 1 is 1.13 bits per heavy atom. The number of hydrogen-bond donors (Lipinski definition) is 1. The number of carbonyl (C=O) groups excluding carboxylic acids is 2. The lowest BCUT2D eigenvalue weighted by Crippen LogP contribution is -2.51. The Balaban J connectivity index is 1.58. The summed E-state index contributed by atoms with van der Waals surface area (Å²) in [6, 6.07) is 9.96. The van der Waals surface area contributed by atoms with Gasteiger partial charge in [0.05, 0.1) is 12.8 Å². The number of amides is 2. The minimum atomic E-state index is -0.872. The lowest BCUT2D eigenvalue weighted by molar-refractivity contribution is -0.134. The van der Waals surface area contributed by atoms with Crippen molar-refractivity contribution in [3.8, 4) is 5.75 Å². The summed E-state index contributed by atoms with van der Waals surface area (Å²) in [7, 11) is 1.56. The molecule has 1 aliphatic carbocycles. The van der Waals surface area contributed by atoms with Crippen LogP contribution in [0.1, 0.15) is 37.7 Å². The summed E-state index contributed by atoms with van der Waals surface area (Å²) in [5, 5.41) is 2.43. The van der Waals surface area contributed by atoms with Crippen molar-refractivity contribution in [2.24, 2.45) is 4.99 Å². The smallest absolute Gasteiger partial charge is 0.275 e. The number of aliphatic imine (C=N–C) groups is 1. The minimum absolute atomic E-state index is 0.132. The van der Waals surface area contributed by atoms with Crippen LogP contribution in [0.25, 0.3) is 0 Å². The second-order valence-electron chi connectivity index (χ2n) is 7.80. The van der Waals surface area contributed by atoms with Crippen LogP contribution in [-0.4, -0.2) is 41.7 Å². The molecule has 0 unspecified atom stereocenters. The average Bonchev–Trinajstić information content (AvgIpc) is 3.02. The predicted octanol–water partition coefficient (Wildman–Crippen LogP) is 3.90. The van der Waals surface area contributed by atoms with Crippen LogP contribution in [0.3, 0.4) is 0 Å². The molecule has 8 heteroatoms. The molecule has 0 aromatic heterocycles. The quantitative estimate of drug-likeness (QED) is 0.787. The van der Waals surface area contributed by atoms with Crippen molar-refractivity contribution in [1.29, 1.82) is 0 Å². The number of nitrogens with zero attached hydrogens (tertiary/aromatic N) is 2. The van der Waals surface area contributed by atoms with Gasteiger partial charge in [-0.2, -0.15) is 0 Å². The first-order valence-corrected chi connectivity index (χ1v) is 10.2. The fourth-order valence-electron chi connectivity index (χ4n) is 4.21. The van der Waals surface area contributed by atoms with Crippen LogP contribution in [0.15, 0.2) is 47.5 Å². The van der Waals surface area contributed by atoms with E-state index in [4.69, 9.17) is 9.73 Å². The van der Waals surface area contributed by atoms with Gasteiger partial charge < -0.3 is 15.0 Å². The molecule has 2 aliphatic rings. The van der Waals surface area contributed by atoms with Crippen LogP contribution in [-0.2, 0) is 9.59 Å². The van der Waals surface area contributed by atoms with Gasteiger partial charge in [0.15, 0.2) is 0 Å². The third-order valence-electron chi connectivity index (χ3n) is 5.79. The molecular formula is C23H23F2N3O3. The molecule has 2 aromatic rings. The zero-order chi connectivity index (χ0) is 22.0. The van der Waals surface area contributed by atoms with E-state index >= 15 is 0 Å². The Hall–Kier alpha value is -3.29. The molecule has 31 heavy (non-hydrogen) atoms. The Kier molecular flexibility index (Phi) is 5.71. The van der Waals surface area contributed by atoms with Crippen molar-refractivity contribution in [3.63, 3.8) is 0 Å². The van der Waals surface area contributed by atoms with E-state index in [0.29, 0.717) is 35.9 Å². The Bertz CT molecular complexity index is 1030. The monoisotopic (exact) mass is 427 g/mol. The van der Waals surface area contributed by atoms with Gasteiger partial charge in [0.2, 0.25) is 5.91 Å². The van der Waals surface area contributed by atoms with Gasteiger partial charge in [-0.3, -0.25) is 14.6 Å². The van der Waals surface area contributed by atoms with E-state index in [1.807, 2.05) is 0 Å². The van der Waals surface area contributed by atoms with E-state index in [1.165, 1.54) is 4.90 Å². The minimum Gasteiger partial charge on any atom is -0.497 e. The van der Waals surface area contributed by atoms with Crippen molar-refractivity contribution in [1.82, 2.24) is 4.90 Å². The number of halogens is 2. The molecule has 2 amide bonds. The number of nitrogens with one attached hydrogen (secondary N) is 1. The summed E-state index contributed by atoms with van der Waals surface area (Å²) >= 11 is 0. The van der Waals surface area contributed by atoms with Crippen LogP contribution in [0.5, 0.6) is 5.75 Å². The highest BCUT2D eigenvalue weighted by Gasteiger charge is 2.48. The number of anilines is 1. The fraction of sp³-hybridized carbons (Fsp3) is 0.348. The maximum absolute atomic E-state index is 13.9. The summed E-state index contributed by atoms with van der Waals surface area (Å²) in [4.78, 5) is 32.3. The van der Waals surface area contributed by atoms with Gasteiger partial charge in [-0.05, 0) is 62.1 Å². The van der Waals surface area contributed by atoms with Crippen LogP contribution >= 0.6 is 0 Å². The Morgan fingerprint density at radius 2 is 1.84 bits per heavy atom. The second-order valence-corrected chi connectivity index (χ2v) is 7.80. The van der Waals surface area contributed by atoms with Gasteiger partial charge >= 0.3 is 0 Å². The third-order valence-corrected chi connectivity index (χ3v) is 5.79. The summed E-state index contributed by atoms with van der Waals surface area (Å²) < 4.78 is 32.2. The highest BCUT2D eigenvalue weighted by atomic mass is 19.1. The second kappa shape index (κ2) is 8.45. The van der Waals surface area contributed by atoms with Crippen molar-refractivity contribution >= 4 is 23.2 Å². The van der Waals surface area contributed by atoms with Gasteiger partial charge in [-0.1, -0.05) is 6.42 Å². The first-order chi connectivity index (χ1) is 14.9. The molecule has 0 atom stereocenters. The molecule has 4 rings (SSSR count). The largest absolute Gasteiger partial charge is 0.497 e. The Morgan fingerprint density at radius 3 is 2.48 bits per heavy atom. The van der Waals surface area contributed by atoms with Crippen LogP contribution < -0.4 is 10.1 Å². The zero-order valence-electron chi connectivity index (χ0n) is 17.2. The molecule has 1 spiro atoms. The van der Waals surface area contributed by atoms with E-state index in [1.54, 1.807) is 31.4 Å². The average molecular weight is 427 g/mol. The lowest BCUT2D eigenvalue weighted by atomic mass is 9.88. The van der Waals surface area contributed by atoms with E-state index in [2.05, 4.69) is 5.32 Å². The van der Waals surface area contributed by atoms with Gasteiger partial charge in [-0.15, -0.1) is 0 Å². The molecule has 162 valence electrons. The molecule has 1 N–H and O–H groups in total. The highest BCUT2D eigenvalue weighted by Crippen LogP contribution is 2.39. The summed E-state index contributed by atoms with van der Waals surface area (Å²) in [5.41, 5.74) is 0.0593. The van der Waals surface area contributed by atoms with E-state index in [0.717, 1.165) is 31.4 Å². The molecule has 1 heterocycles. The number of benzene rings is 2. The number of rotatable bonds is 5. The first kappa shape index (κ1) is 21.0. The van der Waals surface area contributed by atoms with E-state index in [9.17, 15) is 18.4 Å². The van der Waals surface area contributed by atoms with Crippen molar-refractivity contribution < 1.29 is 23.1 Å². The van der Waals surface area contributed by atoms with E-state index < -0.39 is 23.2 Å². The molecular weight excluding hydrogens is 404 g/mol. The van der Waals surface area contributed by atoms with E-state index in [-0.39, 0.29) is 18.1 Å². The van der Waals surface area contributed by atoms with Crippen LogP contribution in [0, 0.1) is 11.6 Å². The number of methoxy groups -OCH3 is 1. The molecule has 1 saturated carbocycles. The SMILES string of the molecule is COc1ccc(C2=NC3(CCCCC3)N(CC(=O)Nc3ccc(F)cc3F)C2=O)cc1. The van der Waals surface area contributed by atoms with Gasteiger partial charge in [-0.25, -0.2) is 8.78 Å². The van der Waals surface area contributed by atoms with Crippen LogP contribution in [0.2, 0.25) is 0 Å². The standard InChI is InChI=1S/C23H23F2N3O3/c1-31-17-8-5-15(6-9-17)21-22(30)28(23(27-21)11-3-2-4-12-23)14-20(29)26-19-10-7-16(24)13-18(19)25/h5-10,13H,2-4,11-12,14H2,1H3,(H,26,29). The van der Waals surface area contributed by atoms with Gasteiger partial charge in [0, 0.05) is 11.6 Å². The fourth-order valence-corrected chi connectivity index (χ4v) is 4.21. The maximum atomic E-state index is 13.9. The molecule has 0 bridgehead atoms. The molecule has 1 fully saturated rings. The number of ether oxygens (including phenoxy) is 1. The number of hydrogen-bond acceptors (Lipinski definition) is 4. The van der Waals surface area contributed by atoms with Crippen molar-refractivity contribution in [2.75, 3.05) is 19.0 Å². The molecule has 0 radical (unpaired) electrons. The Labute approximate surface area is 178 Å². The van der Waals surface area contributed by atoms with Crippen molar-refractivity contribution in [3.05, 3.63) is 59.7 Å². The molecule has 1 aliphatic heterocycles. The normalized spacial score (nSPS) is 17.6. The number of carbonyl (C=O) groups is 2. The van der Waals surface area contributed by atoms with Gasteiger partial charge in [0.1, 0.15) is 35.3 Å². The van der Waals surface area contributed by atoms with Crippen LogP contribution in [0.4, 0.5) is 14.5 Å². The maximum Gasteiger partial charge on any atom is 0.275 e. The zero-order valence-corrected chi connectivity index (χ0v) is 17.2. The predicted molar refractivity (Wildman–Crippen MR) is 112 cm³/mol. The highest BCUT2D eigenvalue weighted by molar-refractivity contribution is 6.47. The summed E-state index contributed by atoms with van der Waals surface area (Å²) in [6.45, 7) is -0.265. The van der Waals surface area contributed by atoms with Crippen molar-refractivity contribution in [2.45, 2.75) is 37.8 Å². The summed E-state index contributed by atoms with van der Waals surface area (Å²) in [5.74, 6) is -1.83. The molecule has 2 aromatic carbocycles. The third kappa shape index (κ3) is 4.15. The summed E-state index contributed by atoms with van der Waals surface area (Å²) in [6.07, 6.45) is 4.17. The molecule has 6 nitrogen and oxygen atoms in total. The first-order valence-electron chi connectivity index (χ1n) is 10.2. The lowest BCUT2D eigenvalue weighted by Gasteiger charge is -2.38. The molecule has 0 saturated heterocycles. The van der Waals surface area contributed by atoms with Gasteiger partial charge in [0.25, 0.3) is 5.91 Å².